The van der Waals surface area contributed by atoms with Gasteiger partial charge in [-0.05, 0) is 52.8 Å². The topological polar surface area (TPSA) is 59.1 Å². The van der Waals surface area contributed by atoms with E-state index in [4.69, 9.17) is 9.47 Å². The van der Waals surface area contributed by atoms with Gasteiger partial charge in [0.15, 0.2) is 11.5 Å². The molecule has 2 aromatic carbocycles. The van der Waals surface area contributed by atoms with E-state index in [1.54, 1.807) is 54.5 Å². The Labute approximate surface area is 204 Å². The number of nitrogens with zero attached hydrogens (tertiary/aromatic N) is 2. The number of likely N-dealkylation sites (N-methyl/N-ethyl adjacent to an activating group) is 2. The Bertz CT molecular complexity index is 1190. The van der Waals surface area contributed by atoms with Crippen LogP contribution in [0.25, 0.3) is 0 Å². The Hall–Kier alpha value is -3.32. The number of thiophene rings is 1. The maximum absolute atomic E-state index is 14.1. The van der Waals surface area contributed by atoms with Crippen molar-refractivity contribution in [2.75, 3.05) is 33.2 Å². The summed E-state index contributed by atoms with van der Waals surface area (Å²) < 4.78 is 11.0. The quantitative estimate of drug-likeness (QED) is 0.472. The first kappa shape index (κ1) is 23.8. The molecule has 2 atom stereocenters. The summed E-state index contributed by atoms with van der Waals surface area (Å²) >= 11 is 1.54. The molecule has 3 aromatic rings. The molecule has 1 aliphatic heterocycles. The van der Waals surface area contributed by atoms with Crippen molar-refractivity contribution in [3.05, 3.63) is 75.5 Å². The first-order valence-electron chi connectivity index (χ1n) is 11.2. The van der Waals surface area contributed by atoms with Crippen molar-refractivity contribution in [3.63, 3.8) is 0 Å². The molecular formula is C27H30N2O4S. The normalized spacial score (nSPS) is 17.5. The Kier molecular flexibility index (Phi) is 6.66. The van der Waals surface area contributed by atoms with Gasteiger partial charge in [-0.25, -0.2) is 0 Å². The summed E-state index contributed by atoms with van der Waals surface area (Å²) in [4.78, 5) is 31.8. The van der Waals surface area contributed by atoms with Crippen LogP contribution in [0.3, 0.4) is 0 Å². The molecule has 0 saturated heterocycles. The van der Waals surface area contributed by atoms with Crippen LogP contribution in [-0.4, -0.2) is 45.0 Å². The molecule has 2 heterocycles. The smallest absolute Gasteiger partial charge is 0.254 e. The van der Waals surface area contributed by atoms with Crippen LogP contribution in [0.4, 0.5) is 5.69 Å². The van der Waals surface area contributed by atoms with Gasteiger partial charge in [-0.1, -0.05) is 32.0 Å². The fourth-order valence-electron chi connectivity index (χ4n) is 4.55. The number of carbonyl (C=O) groups excluding carboxylic acids is 2. The van der Waals surface area contributed by atoms with E-state index in [0.717, 1.165) is 10.6 Å². The highest BCUT2D eigenvalue weighted by Crippen LogP contribution is 2.47. The van der Waals surface area contributed by atoms with E-state index >= 15 is 0 Å². The molecule has 0 aliphatic carbocycles. The minimum atomic E-state index is -0.606. The zero-order chi connectivity index (χ0) is 24.6. The third kappa shape index (κ3) is 4.05. The van der Waals surface area contributed by atoms with Gasteiger partial charge in [0, 0.05) is 30.2 Å². The van der Waals surface area contributed by atoms with Gasteiger partial charge < -0.3 is 19.3 Å². The van der Waals surface area contributed by atoms with Crippen LogP contribution in [0.1, 0.15) is 58.1 Å². The van der Waals surface area contributed by atoms with Crippen LogP contribution in [0.5, 0.6) is 11.5 Å². The van der Waals surface area contributed by atoms with Crippen molar-refractivity contribution in [1.29, 1.82) is 0 Å². The van der Waals surface area contributed by atoms with Crippen molar-refractivity contribution in [3.8, 4) is 11.5 Å². The van der Waals surface area contributed by atoms with Crippen LogP contribution in [0.15, 0.2) is 53.9 Å². The van der Waals surface area contributed by atoms with E-state index in [1.165, 1.54) is 12.7 Å². The molecule has 1 aliphatic rings. The molecule has 0 bridgehead atoms. The number of hydrogen-bond acceptors (Lipinski definition) is 5. The number of fused-ring (bicyclic) bond motifs is 1. The van der Waals surface area contributed by atoms with Gasteiger partial charge in [-0.15, -0.1) is 11.3 Å². The monoisotopic (exact) mass is 478 g/mol. The Morgan fingerprint density at radius 3 is 2.26 bits per heavy atom. The number of ether oxygens (including phenoxy) is 2. The first-order valence-corrected chi connectivity index (χ1v) is 12.1. The van der Waals surface area contributed by atoms with Gasteiger partial charge in [-0.2, -0.15) is 0 Å². The fourth-order valence-corrected chi connectivity index (χ4v) is 5.45. The summed E-state index contributed by atoms with van der Waals surface area (Å²) in [5.41, 5.74) is 3.12. The van der Waals surface area contributed by atoms with Crippen LogP contribution >= 0.6 is 11.3 Å². The predicted octanol–water partition coefficient (Wildman–Crippen LogP) is 5.46. The molecule has 7 heteroatoms. The van der Waals surface area contributed by atoms with Gasteiger partial charge in [0.25, 0.3) is 5.91 Å². The first-order chi connectivity index (χ1) is 16.3. The van der Waals surface area contributed by atoms with E-state index in [2.05, 4.69) is 26.0 Å². The van der Waals surface area contributed by atoms with Crippen molar-refractivity contribution in [1.82, 2.24) is 4.90 Å². The lowest BCUT2D eigenvalue weighted by Gasteiger charge is -2.40. The largest absolute Gasteiger partial charge is 0.493 e. The molecule has 0 unspecified atom stereocenters. The second kappa shape index (κ2) is 9.50. The SMILES string of the molecule is COc1cc2c(cc1OC)[C@H](C(=O)N(C)c1ccc(C(C)C)cc1)[C@H](c1cccs1)N(C)C2=O. The van der Waals surface area contributed by atoms with Crippen LogP contribution < -0.4 is 14.4 Å². The number of methoxy groups -OCH3 is 2. The van der Waals surface area contributed by atoms with Crippen molar-refractivity contribution in [2.45, 2.75) is 31.7 Å². The lowest BCUT2D eigenvalue weighted by atomic mass is 9.81. The summed E-state index contributed by atoms with van der Waals surface area (Å²) in [7, 11) is 6.63. The average molecular weight is 479 g/mol. The summed E-state index contributed by atoms with van der Waals surface area (Å²) in [6.07, 6.45) is 0. The fraction of sp³-hybridized carbons (Fsp3) is 0.333. The standard InChI is InChI=1S/C27H30N2O4S/c1-16(2)17-9-11-18(12-10-17)28(3)27(31)24-19-14-21(32-5)22(33-6)15-20(19)26(30)29(4)25(24)23-8-7-13-34-23/h7-16,24-25H,1-6H3/t24-,25-/m0/s1. The summed E-state index contributed by atoms with van der Waals surface area (Å²) in [5.74, 6) is 0.508. The third-order valence-electron chi connectivity index (χ3n) is 6.55. The second-order valence-corrected chi connectivity index (χ2v) is 9.77. The number of amides is 2. The zero-order valence-electron chi connectivity index (χ0n) is 20.4. The number of hydrogen-bond donors (Lipinski definition) is 0. The summed E-state index contributed by atoms with van der Waals surface area (Å²) in [6, 6.07) is 15.0. The highest BCUT2D eigenvalue weighted by atomic mass is 32.1. The van der Waals surface area contributed by atoms with E-state index in [1.807, 2.05) is 29.6 Å². The second-order valence-electron chi connectivity index (χ2n) is 8.79. The molecule has 0 radical (unpaired) electrons. The van der Waals surface area contributed by atoms with Crippen LogP contribution in [-0.2, 0) is 4.79 Å². The number of rotatable bonds is 6. The van der Waals surface area contributed by atoms with E-state index in [-0.39, 0.29) is 11.8 Å². The molecule has 0 saturated carbocycles. The molecule has 2 amide bonds. The van der Waals surface area contributed by atoms with Gasteiger partial charge >= 0.3 is 0 Å². The van der Waals surface area contributed by atoms with Gasteiger partial charge in [0.2, 0.25) is 5.91 Å². The molecule has 1 aromatic heterocycles. The van der Waals surface area contributed by atoms with Crippen LogP contribution in [0.2, 0.25) is 0 Å². The molecule has 34 heavy (non-hydrogen) atoms. The minimum absolute atomic E-state index is 0.0940. The molecule has 0 spiro atoms. The molecule has 4 rings (SSSR count). The molecule has 178 valence electrons. The highest BCUT2D eigenvalue weighted by molar-refractivity contribution is 7.10. The zero-order valence-corrected chi connectivity index (χ0v) is 21.2. The van der Waals surface area contributed by atoms with Gasteiger partial charge in [0.05, 0.1) is 26.2 Å². The van der Waals surface area contributed by atoms with Crippen molar-refractivity contribution in [2.24, 2.45) is 0 Å². The van der Waals surface area contributed by atoms with Crippen molar-refractivity contribution >= 4 is 28.8 Å². The van der Waals surface area contributed by atoms with E-state index in [9.17, 15) is 9.59 Å². The summed E-state index contributed by atoms with van der Waals surface area (Å²) in [6.45, 7) is 4.28. The Morgan fingerprint density at radius 1 is 1.06 bits per heavy atom. The lowest BCUT2D eigenvalue weighted by Crippen LogP contribution is -2.46. The van der Waals surface area contributed by atoms with Crippen molar-refractivity contribution < 1.29 is 19.1 Å². The van der Waals surface area contributed by atoms with Gasteiger partial charge in [-0.3, -0.25) is 9.59 Å². The minimum Gasteiger partial charge on any atom is -0.493 e. The maximum atomic E-state index is 14.1. The third-order valence-corrected chi connectivity index (χ3v) is 7.50. The summed E-state index contributed by atoms with van der Waals surface area (Å²) in [5, 5.41) is 1.97. The van der Waals surface area contributed by atoms with E-state index < -0.39 is 12.0 Å². The number of carbonyl (C=O) groups is 2. The Balaban J connectivity index is 1.85. The molecule has 0 fully saturated rings. The van der Waals surface area contributed by atoms with Gasteiger partial charge in [0.1, 0.15) is 0 Å². The predicted molar refractivity (Wildman–Crippen MR) is 135 cm³/mol. The highest BCUT2D eigenvalue weighted by Gasteiger charge is 2.45. The average Bonchev–Trinajstić information content (AvgIpc) is 3.38. The molecule has 6 nitrogen and oxygen atoms in total. The maximum Gasteiger partial charge on any atom is 0.254 e. The van der Waals surface area contributed by atoms with Crippen LogP contribution in [0, 0.1) is 0 Å². The molecule has 0 N–H and O–H groups in total. The number of benzene rings is 2. The Morgan fingerprint density at radius 2 is 1.71 bits per heavy atom. The molecular weight excluding hydrogens is 448 g/mol. The van der Waals surface area contributed by atoms with E-state index in [0.29, 0.717) is 28.5 Å². The lowest BCUT2D eigenvalue weighted by molar-refractivity contribution is -0.121. The number of anilines is 1.